The number of Topliss-reactive ketones (excluding diaryl/α,β-unsaturated/α-hetero) is 1. The zero-order valence-corrected chi connectivity index (χ0v) is 16.6. The van der Waals surface area contributed by atoms with E-state index in [2.05, 4.69) is 25.4 Å². The first-order valence-electron chi connectivity index (χ1n) is 9.99. The Bertz CT molecular complexity index is 948. The van der Waals surface area contributed by atoms with E-state index in [1.807, 2.05) is 30.3 Å². The van der Waals surface area contributed by atoms with Gasteiger partial charge in [-0.15, -0.1) is 0 Å². The van der Waals surface area contributed by atoms with Crippen molar-refractivity contribution in [2.75, 3.05) is 23.4 Å². The molecule has 8 nitrogen and oxygen atoms in total. The van der Waals surface area contributed by atoms with Crippen LogP contribution in [0.4, 0.5) is 11.9 Å². The van der Waals surface area contributed by atoms with Crippen LogP contribution in [0.15, 0.2) is 42.7 Å². The van der Waals surface area contributed by atoms with Gasteiger partial charge in [-0.25, -0.2) is 5.43 Å². The van der Waals surface area contributed by atoms with Gasteiger partial charge in [-0.3, -0.25) is 4.79 Å². The Morgan fingerprint density at radius 3 is 2.48 bits per heavy atom. The minimum atomic E-state index is 0.163. The van der Waals surface area contributed by atoms with Gasteiger partial charge in [0.25, 0.3) is 0 Å². The van der Waals surface area contributed by atoms with Crippen LogP contribution in [0.2, 0.25) is 0 Å². The van der Waals surface area contributed by atoms with Crippen molar-refractivity contribution in [1.29, 1.82) is 0 Å². The number of ketones is 1. The minimum Gasteiger partial charge on any atom is -0.341 e. The lowest BCUT2D eigenvalue weighted by Crippen LogP contribution is -2.32. The highest BCUT2D eigenvalue weighted by atomic mass is 16.1. The van der Waals surface area contributed by atoms with Gasteiger partial charge in [-0.05, 0) is 43.4 Å². The number of hydrogen-bond donors (Lipinski definition) is 1. The van der Waals surface area contributed by atoms with E-state index in [0.29, 0.717) is 30.6 Å². The van der Waals surface area contributed by atoms with Crippen LogP contribution in [0.25, 0.3) is 0 Å². The summed E-state index contributed by atoms with van der Waals surface area (Å²) in [5, 5.41) is 4.16. The normalized spacial score (nSPS) is 14.0. The van der Waals surface area contributed by atoms with Crippen molar-refractivity contribution in [1.82, 2.24) is 24.8 Å². The van der Waals surface area contributed by atoms with Gasteiger partial charge in [0.05, 0.1) is 6.20 Å². The van der Waals surface area contributed by atoms with Gasteiger partial charge in [0.2, 0.25) is 11.9 Å². The summed E-state index contributed by atoms with van der Waals surface area (Å²) in [4.78, 5) is 29.0. The van der Waals surface area contributed by atoms with E-state index in [-0.39, 0.29) is 5.78 Å². The van der Waals surface area contributed by atoms with Crippen LogP contribution in [-0.2, 0) is 17.6 Å². The number of benzene rings is 1. The van der Waals surface area contributed by atoms with Crippen molar-refractivity contribution in [3.05, 3.63) is 59.7 Å². The molecule has 0 bridgehead atoms. The average Bonchev–Trinajstić information content (AvgIpc) is 3.23. The molecule has 2 aromatic heterocycles. The van der Waals surface area contributed by atoms with E-state index in [1.54, 1.807) is 24.1 Å². The number of rotatable bonds is 7. The molecule has 1 aliphatic rings. The molecule has 1 N–H and O–H groups in total. The number of anilines is 2. The van der Waals surface area contributed by atoms with Crippen molar-refractivity contribution < 1.29 is 4.79 Å². The fourth-order valence-electron chi connectivity index (χ4n) is 3.45. The molecular weight excluding hydrogens is 366 g/mol. The molecule has 4 rings (SSSR count). The Labute approximate surface area is 170 Å². The zero-order chi connectivity index (χ0) is 20.1. The quantitative estimate of drug-likeness (QED) is 0.662. The molecule has 150 valence electrons. The lowest BCUT2D eigenvalue weighted by atomic mass is 10.1. The smallest absolute Gasteiger partial charge is 0.248 e. The SMILES string of the molecule is CC(=O)Cc1ccc(Cc2nc(Nn3cccn3)nc(N3CCCCC3)n2)cc1. The topological polar surface area (TPSA) is 88.8 Å². The average molecular weight is 391 g/mol. The molecule has 1 fully saturated rings. The highest BCUT2D eigenvalue weighted by Gasteiger charge is 2.17. The van der Waals surface area contributed by atoms with Crippen LogP contribution in [-0.4, -0.2) is 43.7 Å². The predicted molar refractivity (Wildman–Crippen MR) is 111 cm³/mol. The molecule has 0 aliphatic carbocycles. The summed E-state index contributed by atoms with van der Waals surface area (Å²) in [6, 6.07) is 9.88. The third-order valence-electron chi connectivity index (χ3n) is 4.87. The van der Waals surface area contributed by atoms with Gasteiger partial charge >= 0.3 is 0 Å². The van der Waals surface area contributed by atoms with E-state index in [0.717, 1.165) is 37.1 Å². The Hall–Kier alpha value is -3.29. The summed E-state index contributed by atoms with van der Waals surface area (Å²) < 4.78 is 0. The highest BCUT2D eigenvalue weighted by molar-refractivity contribution is 5.78. The van der Waals surface area contributed by atoms with Crippen LogP contribution in [0.1, 0.15) is 43.1 Å². The van der Waals surface area contributed by atoms with Gasteiger partial charge in [-0.1, -0.05) is 24.3 Å². The monoisotopic (exact) mass is 391 g/mol. The molecule has 1 aliphatic heterocycles. The third kappa shape index (κ3) is 5.16. The number of carbonyl (C=O) groups is 1. The molecule has 0 unspecified atom stereocenters. The zero-order valence-electron chi connectivity index (χ0n) is 16.6. The highest BCUT2D eigenvalue weighted by Crippen LogP contribution is 2.18. The Kier molecular flexibility index (Phi) is 5.79. The molecule has 29 heavy (non-hydrogen) atoms. The van der Waals surface area contributed by atoms with Crippen molar-refractivity contribution in [3.8, 4) is 0 Å². The van der Waals surface area contributed by atoms with E-state index >= 15 is 0 Å². The summed E-state index contributed by atoms with van der Waals surface area (Å²) in [5.41, 5.74) is 5.22. The molecule has 0 radical (unpaired) electrons. The fourth-order valence-corrected chi connectivity index (χ4v) is 3.45. The maximum absolute atomic E-state index is 11.3. The van der Waals surface area contributed by atoms with E-state index in [4.69, 9.17) is 4.98 Å². The van der Waals surface area contributed by atoms with Gasteiger partial charge in [0.1, 0.15) is 11.6 Å². The Morgan fingerprint density at radius 2 is 1.79 bits per heavy atom. The molecule has 3 aromatic rings. The van der Waals surface area contributed by atoms with Crippen LogP contribution in [0.5, 0.6) is 0 Å². The second-order valence-electron chi connectivity index (χ2n) is 7.36. The first kappa shape index (κ1) is 19.0. The number of piperidine rings is 1. The number of carbonyl (C=O) groups excluding carboxylic acids is 1. The van der Waals surface area contributed by atoms with Crippen molar-refractivity contribution in [3.63, 3.8) is 0 Å². The Balaban J connectivity index is 1.57. The van der Waals surface area contributed by atoms with E-state index < -0.39 is 0 Å². The lowest BCUT2D eigenvalue weighted by Gasteiger charge is -2.27. The van der Waals surface area contributed by atoms with Crippen molar-refractivity contribution >= 4 is 17.7 Å². The molecular formula is C21H25N7O. The molecule has 0 spiro atoms. The first-order chi connectivity index (χ1) is 14.2. The summed E-state index contributed by atoms with van der Waals surface area (Å²) in [5.74, 6) is 2.05. The standard InChI is InChI=1S/C21H25N7O/c1-16(29)14-17-6-8-18(9-7-17)15-19-23-20(26-28-13-5-10-22-28)25-21(24-19)27-11-3-2-4-12-27/h5-10,13H,2-4,11-12,14-15H2,1H3,(H,23,24,25,26). The summed E-state index contributed by atoms with van der Waals surface area (Å²) >= 11 is 0. The second kappa shape index (κ2) is 8.81. The predicted octanol–water partition coefficient (Wildman–Crippen LogP) is 2.66. The maximum Gasteiger partial charge on any atom is 0.248 e. The first-order valence-corrected chi connectivity index (χ1v) is 9.99. The number of nitrogens with zero attached hydrogens (tertiary/aromatic N) is 6. The largest absolute Gasteiger partial charge is 0.341 e. The summed E-state index contributed by atoms with van der Waals surface area (Å²) in [6.07, 6.45) is 8.11. The fraction of sp³-hybridized carbons (Fsp3) is 0.381. The lowest BCUT2D eigenvalue weighted by molar-refractivity contribution is -0.116. The van der Waals surface area contributed by atoms with Crippen LogP contribution >= 0.6 is 0 Å². The molecule has 1 aromatic carbocycles. The third-order valence-corrected chi connectivity index (χ3v) is 4.87. The molecule has 0 saturated carbocycles. The summed E-state index contributed by atoms with van der Waals surface area (Å²) in [6.45, 7) is 3.53. The van der Waals surface area contributed by atoms with Crippen molar-refractivity contribution in [2.24, 2.45) is 0 Å². The molecule has 0 atom stereocenters. The maximum atomic E-state index is 11.3. The number of aromatic nitrogens is 5. The van der Waals surface area contributed by atoms with E-state index in [9.17, 15) is 4.79 Å². The summed E-state index contributed by atoms with van der Waals surface area (Å²) in [7, 11) is 0. The number of hydrogen-bond acceptors (Lipinski definition) is 7. The van der Waals surface area contributed by atoms with Gasteiger partial charge in [0.15, 0.2) is 0 Å². The van der Waals surface area contributed by atoms with Crippen LogP contribution < -0.4 is 10.3 Å². The van der Waals surface area contributed by atoms with Crippen LogP contribution in [0.3, 0.4) is 0 Å². The molecule has 8 heteroatoms. The van der Waals surface area contributed by atoms with Gasteiger partial charge in [-0.2, -0.15) is 24.8 Å². The minimum absolute atomic E-state index is 0.163. The molecule has 0 amide bonds. The second-order valence-corrected chi connectivity index (χ2v) is 7.36. The van der Waals surface area contributed by atoms with E-state index in [1.165, 1.54) is 6.42 Å². The van der Waals surface area contributed by atoms with Crippen LogP contribution in [0, 0.1) is 0 Å². The molecule has 1 saturated heterocycles. The van der Waals surface area contributed by atoms with Crippen molar-refractivity contribution in [2.45, 2.75) is 39.0 Å². The van der Waals surface area contributed by atoms with Gasteiger partial charge in [0, 0.05) is 32.1 Å². The number of nitrogens with one attached hydrogen (secondary N) is 1. The Morgan fingerprint density at radius 1 is 1.03 bits per heavy atom. The molecule has 3 heterocycles. The van der Waals surface area contributed by atoms with Gasteiger partial charge < -0.3 is 4.90 Å².